The van der Waals surface area contributed by atoms with Crippen LogP contribution in [0.25, 0.3) is 0 Å². The molecule has 2 N–H and O–H groups in total. The van der Waals surface area contributed by atoms with Gasteiger partial charge >= 0.3 is 6.03 Å². The van der Waals surface area contributed by atoms with Crippen LogP contribution in [-0.2, 0) is 13.0 Å². The molecule has 2 heterocycles. The zero-order valence-corrected chi connectivity index (χ0v) is 14.8. The zero-order valence-electron chi connectivity index (χ0n) is 14.8. The number of amides is 2. The fourth-order valence-corrected chi connectivity index (χ4v) is 3.18. The molecular formula is C18H24FN5O2. The minimum absolute atomic E-state index is 0.200. The number of aliphatic hydroxyl groups is 1. The van der Waals surface area contributed by atoms with Gasteiger partial charge in [0.2, 0.25) is 0 Å². The van der Waals surface area contributed by atoms with Crippen molar-refractivity contribution < 1.29 is 14.3 Å². The standard InChI is InChI=1S/C18H24FN5O2/c1-13(25)9-17-12-24(22-21-17)11-14-5-7-23(8-6-14)18(26)20-16-4-2-3-15(19)10-16/h2-4,10,12-14,25H,5-9,11H2,1H3,(H,20,26)/t13-/m1/s1. The Morgan fingerprint density at radius 1 is 1.42 bits per heavy atom. The predicted molar refractivity (Wildman–Crippen MR) is 95.1 cm³/mol. The van der Waals surface area contributed by atoms with E-state index in [9.17, 15) is 14.3 Å². The average molecular weight is 361 g/mol. The van der Waals surface area contributed by atoms with Gasteiger partial charge in [-0.3, -0.25) is 4.68 Å². The molecule has 0 radical (unpaired) electrons. The Balaban J connectivity index is 1.46. The molecule has 2 aromatic rings. The molecule has 1 aliphatic rings. The minimum Gasteiger partial charge on any atom is -0.393 e. The lowest BCUT2D eigenvalue weighted by molar-refractivity contribution is 0.175. The monoisotopic (exact) mass is 361 g/mol. The van der Waals surface area contributed by atoms with Gasteiger partial charge in [-0.25, -0.2) is 9.18 Å². The molecule has 0 spiro atoms. The van der Waals surface area contributed by atoms with Gasteiger partial charge in [-0.2, -0.15) is 0 Å². The zero-order chi connectivity index (χ0) is 18.5. The van der Waals surface area contributed by atoms with Gasteiger partial charge in [0, 0.05) is 37.9 Å². The molecule has 0 aliphatic carbocycles. The van der Waals surface area contributed by atoms with Crippen molar-refractivity contribution in [2.45, 2.75) is 38.8 Å². The molecule has 1 aromatic heterocycles. The fourth-order valence-electron chi connectivity index (χ4n) is 3.18. The number of nitrogens with zero attached hydrogens (tertiary/aromatic N) is 4. The molecule has 1 atom stereocenters. The molecule has 1 fully saturated rings. The van der Waals surface area contributed by atoms with Crippen molar-refractivity contribution in [2.75, 3.05) is 18.4 Å². The number of piperidine rings is 1. The second-order valence-electron chi connectivity index (χ2n) is 6.86. The van der Waals surface area contributed by atoms with Gasteiger partial charge in [0.15, 0.2) is 0 Å². The lowest BCUT2D eigenvalue weighted by atomic mass is 9.97. The summed E-state index contributed by atoms with van der Waals surface area (Å²) in [6, 6.07) is 5.69. The molecular weight excluding hydrogens is 337 g/mol. The van der Waals surface area contributed by atoms with Crippen LogP contribution >= 0.6 is 0 Å². The number of anilines is 1. The fraction of sp³-hybridized carbons (Fsp3) is 0.500. The van der Waals surface area contributed by atoms with E-state index in [0.717, 1.165) is 25.1 Å². The first-order chi connectivity index (χ1) is 12.5. The molecule has 2 amide bonds. The number of hydrogen-bond donors (Lipinski definition) is 2. The SMILES string of the molecule is C[C@@H](O)Cc1cn(CC2CCN(C(=O)Nc3cccc(F)c3)CC2)nn1. The summed E-state index contributed by atoms with van der Waals surface area (Å²) < 4.78 is 15.0. The Morgan fingerprint density at radius 2 is 2.19 bits per heavy atom. The van der Waals surface area contributed by atoms with Gasteiger partial charge < -0.3 is 15.3 Å². The number of nitrogens with one attached hydrogen (secondary N) is 1. The molecule has 1 aromatic carbocycles. The van der Waals surface area contributed by atoms with E-state index in [1.165, 1.54) is 12.1 Å². The van der Waals surface area contributed by atoms with Crippen LogP contribution < -0.4 is 5.32 Å². The molecule has 7 nitrogen and oxygen atoms in total. The van der Waals surface area contributed by atoms with Gasteiger partial charge in [-0.1, -0.05) is 11.3 Å². The van der Waals surface area contributed by atoms with Crippen LogP contribution in [0.3, 0.4) is 0 Å². The van der Waals surface area contributed by atoms with E-state index < -0.39 is 6.10 Å². The van der Waals surface area contributed by atoms with Crippen molar-refractivity contribution in [3.8, 4) is 0 Å². The summed E-state index contributed by atoms with van der Waals surface area (Å²) in [6.07, 6.45) is 3.69. The third-order valence-corrected chi connectivity index (χ3v) is 4.51. The number of hydrogen-bond acceptors (Lipinski definition) is 4. The summed E-state index contributed by atoms with van der Waals surface area (Å²) in [7, 11) is 0. The number of carbonyl (C=O) groups excluding carboxylic acids is 1. The van der Waals surface area contributed by atoms with Gasteiger partial charge in [0.1, 0.15) is 5.82 Å². The van der Waals surface area contributed by atoms with Gasteiger partial charge in [-0.05, 0) is 43.9 Å². The Bertz CT molecular complexity index is 741. The summed E-state index contributed by atoms with van der Waals surface area (Å²) in [6.45, 7) is 3.79. The number of carbonyl (C=O) groups is 1. The number of aromatic nitrogens is 3. The minimum atomic E-state index is -0.431. The maximum Gasteiger partial charge on any atom is 0.321 e. The third-order valence-electron chi connectivity index (χ3n) is 4.51. The van der Waals surface area contributed by atoms with Crippen LogP contribution in [0.15, 0.2) is 30.5 Å². The first-order valence-electron chi connectivity index (χ1n) is 8.88. The molecule has 26 heavy (non-hydrogen) atoms. The molecule has 0 bridgehead atoms. The lowest BCUT2D eigenvalue weighted by Gasteiger charge is -2.31. The van der Waals surface area contributed by atoms with Crippen molar-refractivity contribution in [1.82, 2.24) is 19.9 Å². The third kappa shape index (κ3) is 5.01. The highest BCUT2D eigenvalue weighted by Crippen LogP contribution is 2.20. The van der Waals surface area contributed by atoms with Crippen LogP contribution in [-0.4, -0.2) is 50.2 Å². The molecule has 1 saturated heterocycles. The molecule has 0 saturated carbocycles. The number of urea groups is 1. The number of likely N-dealkylation sites (tertiary alicyclic amines) is 1. The van der Waals surface area contributed by atoms with Gasteiger partial charge in [-0.15, -0.1) is 5.10 Å². The Morgan fingerprint density at radius 3 is 2.88 bits per heavy atom. The Hall–Kier alpha value is -2.48. The second-order valence-corrected chi connectivity index (χ2v) is 6.86. The van der Waals surface area contributed by atoms with Crippen LogP contribution in [0.4, 0.5) is 14.9 Å². The summed E-state index contributed by atoms with van der Waals surface area (Å²) in [4.78, 5) is 14.0. The van der Waals surface area contributed by atoms with E-state index in [-0.39, 0.29) is 11.8 Å². The van der Waals surface area contributed by atoms with Crippen molar-refractivity contribution in [3.63, 3.8) is 0 Å². The largest absolute Gasteiger partial charge is 0.393 e. The van der Waals surface area contributed by atoms with Gasteiger partial charge in [0.25, 0.3) is 0 Å². The van der Waals surface area contributed by atoms with E-state index in [4.69, 9.17) is 0 Å². The molecule has 1 aliphatic heterocycles. The Labute approximate surface area is 151 Å². The van der Waals surface area contributed by atoms with Crippen LogP contribution in [0.2, 0.25) is 0 Å². The number of halogens is 1. The van der Waals surface area contributed by atoms with E-state index in [0.29, 0.717) is 31.1 Å². The van der Waals surface area contributed by atoms with E-state index in [2.05, 4.69) is 15.6 Å². The van der Waals surface area contributed by atoms with Crippen molar-refractivity contribution >= 4 is 11.7 Å². The number of benzene rings is 1. The predicted octanol–water partition coefficient (Wildman–Crippen LogP) is 2.28. The van der Waals surface area contributed by atoms with E-state index >= 15 is 0 Å². The van der Waals surface area contributed by atoms with Gasteiger partial charge in [0.05, 0.1) is 11.8 Å². The van der Waals surface area contributed by atoms with Crippen LogP contribution in [0, 0.1) is 11.7 Å². The lowest BCUT2D eigenvalue weighted by Crippen LogP contribution is -2.41. The first kappa shape index (κ1) is 18.3. The Kier molecular flexibility index (Phi) is 5.82. The molecule has 3 rings (SSSR count). The van der Waals surface area contributed by atoms with Crippen LogP contribution in [0.1, 0.15) is 25.5 Å². The molecule has 8 heteroatoms. The van der Waals surface area contributed by atoms with Crippen molar-refractivity contribution in [3.05, 3.63) is 42.0 Å². The smallest absolute Gasteiger partial charge is 0.321 e. The van der Waals surface area contributed by atoms with Crippen molar-refractivity contribution in [2.24, 2.45) is 5.92 Å². The maximum atomic E-state index is 13.2. The average Bonchev–Trinajstić information content (AvgIpc) is 3.01. The highest BCUT2D eigenvalue weighted by Gasteiger charge is 2.23. The second kappa shape index (κ2) is 8.27. The normalized spacial score (nSPS) is 16.5. The van der Waals surface area contributed by atoms with E-state index in [1.807, 2.05) is 10.9 Å². The summed E-state index contributed by atoms with van der Waals surface area (Å²) >= 11 is 0. The summed E-state index contributed by atoms with van der Waals surface area (Å²) in [5.41, 5.74) is 1.25. The van der Waals surface area contributed by atoms with Crippen LogP contribution in [0.5, 0.6) is 0 Å². The first-order valence-corrected chi connectivity index (χ1v) is 8.88. The topological polar surface area (TPSA) is 83.3 Å². The molecule has 140 valence electrons. The maximum absolute atomic E-state index is 13.2. The number of rotatable bonds is 5. The quantitative estimate of drug-likeness (QED) is 0.856. The molecule has 0 unspecified atom stereocenters. The highest BCUT2D eigenvalue weighted by molar-refractivity contribution is 5.89. The summed E-state index contributed by atoms with van der Waals surface area (Å²) in [5.74, 6) is 0.0543. The summed E-state index contributed by atoms with van der Waals surface area (Å²) in [5, 5.41) is 20.3. The van der Waals surface area contributed by atoms with Crippen molar-refractivity contribution in [1.29, 1.82) is 0 Å². The number of aliphatic hydroxyl groups excluding tert-OH is 1. The van der Waals surface area contributed by atoms with E-state index in [1.54, 1.807) is 24.0 Å². The highest BCUT2D eigenvalue weighted by atomic mass is 19.1.